The van der Waals surface area contributed by atoms with Crippen LogP contribution in [0.4, 0.5) is 0 Å². The summed E-state index contributed by atoms with van der Waals surface area (Å²) in [6.07, 6.45) is 0. The SMILES string of the molecule is SC#Cc1ccccc1S. The Labute approximate surface area is 71.5 Å². The largest absolute Gasteiger partial charge is 0.142 e. The van der Waals surface area contributed by atoms with Crippen molar-refractivity contribution in [1.29, 1.82) is 0 Å². The van der Waals surface area contributed by atoms with Gasteiger partial charge >= 0.3 is 0 Å². The molecular weight excluding hydrogens is 160 g/mol. The second-order valence-corrected chi connectivity index (χ2v) is 2.46. The summed E-state index contributed by atoms with van der Waals surface area (Å²) in [6, 6.07) is 7.65. The van der Waals surface area contributed by atoms with E-state index >= 15 is 0 Å². The van der Waals surface area contributed by atoms with Crippen LogP contribution < -0.4 is 0 Å². The highest BCUT2D eigenvalue weighted by molar-refractivity contribution is 7.85. The second-order valence-electron chi connectivity index (χ2n) is 1.75. The highest BCUT2D eigenvalue weighted by atomic mass is 32.1. The van der Waals surface area contributed by atoms with Crippen molar-refractivity contribution in [3.8, 4) is 11.2 Å². The van der Waals surface area contributed by atoms with Gasteiger partial charge in [-0.2, -0.15) is 0 Å². The molecule has 0 unspecified atom stereocenters. The summed E-state index contributed by atoms with van der Waals surface area (Å²) in [7, 11) is 0. The average molecular weight is 166 g/mol. The summed E-state index contributed by atoms with van der Waals surface area (Å²) in [5.41, 5.74) is 0.917. The van der Waals surface area contributed by atoms with Gasteiger partial charge in [0.25, 0.3) is 0 Å². The van der Waals surface area contributed by atoms with Gasteiger partial charge in [0.05, 0.1) is 0 Å². The van der Waals surface area contributed by atoms with Crippen molar-refractivity contribution in [3.05, 3.63) is 29.8 Å². The van der Waals surface area contributed by atoms with Crippen LogP contribution in [-0.2, 0) is 0 Å². The molecule has 0 saturated carbocycles. The number of hydrogen-bond acceptors (Lipinski definition) is 2. The molecule has 2 heteroatoms. The van der Waals surface area contributed by atoms with Gasteiger partial charge in [0.15, 0.2) is 0 Å². The summed E-state index contributed by atoms with van der Waals surface area (Å²) in [4.78, 5) is 0.893. The minimum absolute atomic E-state index is 0.893. The number of thiol groups is 2. The third-order valence-corrected chi connectivity index (χ3v) is 1.60. The molecule has 0 aliphatic carbocycles. The number of benzene rings is 1. The van der Waals surface area contributed by atoms with Gasteiger partial charge in [0.1, 0.15) is 0 Å². The lowest BCUT2D eigenvalue weighted by Gasteiger charge is -1.92. The number of hydrogen-bond donors (Lipinski definition) is 2. The van der Waals surface area contributed by atoms with E-state index in [1.165, 1.54) is 0 Å². The molecule has 0 saturated heterocycles. The zero-order chi connectivity index (χ0) is 7.40. The fourth-order valence-corrected chi connectivity index (χ4v) is 0.977. The second kappa shape index (κ2) is 3.60. The van der Waals surface area contributed by atoms with E-state index in [4.69, 9.17) is 0 Å². The maximum atomic E-state index is 4.20. The molecule has 0 aromatic heterocycles. The zero-order valence-corrected chi connectivity index (χ0v) is 6.99. The highest BCUT2D eigenvalue weighted by Gasteiger charge is 1.89. The van der Waals surface area contributed by atoms with Crippen LogP contribution in [0.2, 0.25) is 0 Å². The van der Waals surface area contributed by atoms with E-state index in [0.29, 0.717) is 0 Å². The van der Waals surface area contributed by atoms with Crippen LogP contribution in [0.3, 0.4) is 0 Å². The molecule has 0 aliphatic rings. The number of rotatable bonds is 0. The van der Waals surface area contributed by atoms with Crippen molar-refractivity contribution >= 4 is 25.3 Å². The van der Waals surface area contributed by atoms with Crippen molar-refractivity contribution in [2.24, 2.45) is 0 Å². The van der Waals surface area contributed by atoms with Gasteiger partial charge < -0.3 is 0 Å². The van der Waals surface area contributed by atoms with Crippen LogP contribution in [0, 0.1) is 11.2 Å². The smallest absolute Gasteiger partial charge is 0.0387 e. The molecule has 0 amide bonds. The van der Waals surface area contributed by atoms with Crippen LogP contribution in [0.15, 0.2) is 29.2 Å². The Morgan fingerprint density at radius 1 is 1.20 bits per heavy atom. The molecule has 50 valence electrons. The third-order valence-electron chi connectivity index (χ3n) is 1.09. The molecule has 0 fully saturated rings. The summed E-state index contributed by atoms with van der Waals surface area (Å²) in [5, 5.41) is 2.52. The molecule has 0 spiro atoms. The van der Waals surface area contributed by atoms with Gasteiger partial charge in [-0.05, 0) is 17.4 Å². The lowest BCUT2D eigenvalue weighted by atomic mass is 10.2. The van der Waals surface area contributed by atoms with Crippen molar-refractivity contribution in [3.63, 3.8) is 0 Å². The van der Waals surface area contributed by atoms with Gasteiger partial charge in [0.2, 0.25) is 0 Å². The maximum absolute atomic E-state index is 4.20. The average Bonchev–Trinajstić information content (AvgIpc) is 1.94. The Hall–Kier alpha value is -0.520. The first kappa shape index (κ1) is 7.59. The van der Waals surface area contributed by atoms with Crippen molar-refractivity contribution in [2.75, 3.05) is 0 Å². The van der Waals surface area contributed by atoms with Gasteiger partial charge in [-0.1, -0.05) is 30.7 Å². The Balaban J connectivity index is 3.11. The normalized spacial score (nSPS) is 8.20. The van der Waals surface area contributed by atoms with Crippen LogP contribution in [0.1, 0.15) is 5.56 Å². The predicted molar refractivity (Wildman–Crippen MR) is 49.6 cm³/mol. The molecular formula is C8H6S2. The lowest BCUT2D eigenvalue weighted by molar-refractivity contribution is 1.43. The Bertz CT molecular complexity index is 281. The summed E-state index contributed by atoms with van der Waals surface area (Å²) in [6.45, 7) is 0. The topological polar surface area (TPSA) is 0 Å². The summed E-state index contributed by atoms with van der Waals surface area (Å²) < 4.78 is 0. The predicted octanol–water partition coefficient (Wildman–Crippen LogP) is 2.21. The monoisotopic (exact) mass is 166 g/mol. The van der Waals surface area contributed by atoms with Gasteiger partial charge in [-0.15, -0.1) is 12.6 Å². The Morgan fingerprint density at radius 2 is 1.90 bits per heavy atom. The van der Waals surface area contributed by atoms with Crippen molar-refractivity contribution < 1.29 is 0 Å². The minimum atomic E-state index is 0.893. The van der Waals surface area contributed by atoms with E-state index in [-0.39, 0.29) is 0 Å². The molecule has 0 atom stereocenters. The van der Waals surface area contributed by atoms with Crippen LogP contribution in [0.25, 0.3) is 0 Å². The minimum Gasteiger partial charge on any atom is -0.142 e. The molecule has 0 radical (unpaired) electrons. The molecule has 0 aliphatic heterocycles. The van der Waals surface area contributed by atoms with Gasteiger partial charge in [0, 0.05) is 10.5 Å². The molecule has 0 bridgehead atoms. The fourth-order valence-electron chi connectivity index (χ4n) is 0.640. The van der Waals surface area contributed by atoms with Crippen LogP contribution in [-0.4, -0.2) is 0 Å². The van der Waals surface area contributed by atoms with E-state index in [0.717, 1.165) is 10.5 Å². The zero-order valence-electron chi connectivity index (χ0n) is 5.20. The first-order valence-corrected chi connectivity index (χ1v) is 3.67. The highest BCUT2D eigenvalue weighted by Crippen LogP contribution is 2.10. The summed E-state index contributed by atoms with van der Waals surface area (Å²) >= 11 is 7.98. The third kappa shape index (κ3) is 1.73. The van der Waals surface area contributed by atoms with E-state index < -0.39 is 0 Å². The van der Waals surface area contributed by atoms with E-state index in [2.05, 4.69) is 36.4 Å². The fraction of sp³-hybridized carbons (Fsp3) is 0. The lowest BCUT2D eigenvalue weighted by Crippen LogP contribution is -1.73. The standard InChI is InChI=1S/C8H6S2/c9-6-5-7-3-1-2-4-8(7)10/h1-4,9-10H. The van der Waals surface area contributed by atoms with E-state index in [9.17, 15) is 0 Å². The van der Waals surface area contributed by atoms with E-state index in [1.54, 1.807) is 0 Å². The first-order chi connectivity index (χ1) is 4.84. The molecule has 1 aromatic rings. The van der Waals surface area contributed by atoms with Crippen LogP contribution >= 0.6 is 25.3 Å². The first-order valence-electron chi connectivity index (χ1n) is 2.77. The van der Waals surface area contributed by atoms with Gasteiger partial charge in [-0.25, -0.2) is 0 Å². The Kier molecular flexibility index (Phi) is 2.73. The van der Waals surface area contributed by atoms with Crippen molar-refractivity contribution in [1.82, 2.24) is 0 Å². The quantitative estimate of drug-likeness (QED) is 0.428. The molecule has 0 nitrogen and oxygen atoms in total. The van der Waals surface area contributed by atoms with Crippen LogP contribution in [0.5, 0.6) is 0 Å². The Morgan fingerprint density at radius 3 is 2.50 bits per heavy atom. The molecule has 0 N–H and O–H groups in total. The van der Waals surface area contributed by atoms with Gasteiger partial charge in [-0.3, -0.25) is 0 Å². The molecule has 0 heterocycles. The molecule has 10 heavy (non-hydrogen) atoms. The summed E-state index contributed by atoms with van der Waals surface area (Å²) in [5.74, 6) is 2.81. The maximum Gasteiger partial charge on any atom is 0.0387 e. The van der Waals surface area contributed by atoms with E-state index in [1.807, 2.05) is 24.3 Å². The molecule has 1 rings (SSSR count). The van der Waals surface area contributed by atoms with Crippen molar-refractivity contribution in [2.45, 2.75) is 4.90 Å². The molecule has 1 aromatic carbocycles.